The predicted octanol–water partition coefficient (Wildman–Crippen LogP) is 3.69. The number of hydrogen-bond donors (Lipinski definition) is 1. The fraction of sp³-hybridized carbons (Fsp3) is 0.300. The topological polar surface area (TPSA) is 58.6 Å². The Morgan fingerprint density at radius 2 is 1.84 bits per heavy atom. The summed E-state index contributed by atoms with van der Waals surface area (Å²) in [4.78, 5) is 26.1. The van der Waals surface area contributed by atoms with Crippen LogP contribution in [0.4, 0.5) is 11.4 Å². The average Bonchev–Trinajstić information content (AvgIpc) is 2.57. The maximum atomic E-state index is 12.5. The Morgan fingerprint density at radius 3 is 2.52 bits per heavy atom. The van der Waals surface area contributed by atoms with Crippen molar-refractivity contribution in [3.8, 4) is 5.75 Å². The largest absolute Gasteiger partial charge is 0.492 e. The van der Waals surface area contributed by atoms with Gasteiger partial charge in [0, 0.05) is 12.6 Å². The van der Waals surface area contributed by atoms with Crippen LogP contribution in [0.15, 0.2) is 42.5 Å². The van der Waals surface area contributed by atoms with E-state index in [0.29, 0.717) is 18.0 Å². The van der Waals surface area contributed by atoms with E-state index >= 15 is 0 Å². The molecule has 5 heteroatoms. The van der Waals surface area contributed by atoms with Crippen molar-refractivity contribution in [1.29, 1.82) is 0 Å². The molecule has 0 spiro atoms. The lowest BCUT2D eigenvalue weighted by Crippen LogP contribution is -2.37. The van der Waals surface area contributed by atoms with E-state index in [-0.39, 0.29) is 18.4 Å². The maximum Gasteiger partial charge on any atom is 0.244 e. The highest BCUT2D eigenvalue weighted by Crippen LogP contribution is 2.25. The molecule has 0 atom stereocenters. The Balaban J connectivity index is 2.19. The first-order valence-electron chi connectivity index (χ1n) is 8.29. The summed E-state index contributed by atoms with van der Waals surface area (Å²) in [6.45, 7) is 7.68. The zero-order valence-electron chi connectivity index (χ0n) is 15.1. The quantitative estimate of drug-likeness (QED) is 0.872. The van der Waals surface area contributed by atoms with Crippen molar-refractivity contribution in [2.75, 3.05) is 23.4 Å². The van der Waals surface area contributed by atoms with Gasteiger partial charge >= 0.3 is 0 Å². The molecule has 0 saturated heterocycles. The van der Waals surface area contributed by atoms with E-state index in [1.165, 1.54) is 11.8 Å². The number of carbonyl (C=O) groups excluding carboxylic acids is 2. The van der Waals surface area contributed by atoms with Crippen LogP contribution in [0.1, 0.15) is 25.0 Å². The predicted molar refractivity (Wildman–Crippen MR) is 100 cm³/mol. The second kappa shape index (κ2) is 8.33. The summed E-state index contributed by atoms with van der Waals surface area (Å²) >= 11 is 0. The summed E-state index contributed by atoms with van der Waals surface area (Å²) in [5.41, 5.74) is 3.33. The van der Waals surface area contributed by atoms with Crippen molar-refractivity contribution in [2.45, 2.75) is 27.7 Å². The molecule has 1 N–H and O–H groups in total. The first kappa shape index (κ1) is 18.5. The van der Waals surface area contributed by atoms with Gasteiger partial charge in [0.2, 0.25) is 11.8 Å². The van der Waals surface area contributed by atoms with Gasteiger partial charge < -0.3 is 15.0 Å². The number of anilines is 2. The van der Waals surface area contributed by atoms with Crippen molar-refractivity contribution >= 4 is 23.2 Å². The number of nitrogens with one attached hydrogen (secondary N) is 1. The number of benzene rings is 2. The van der Waals surface area contributed by atoms with Crippen molar-refractivity contribution in [3.05, 3.63) is 53.6 Å². The first-order valence-corrected chi connectivity index (χ1v) is 8.29. The second-order valence-corrected chi connectivity index (χ2v) is 5.87. The van der Waals surface area contributed by atoms with Crippen molar-refractivity contribution in [3.63, 3.8) is 0 Å². The molecule has 2 aromatic carbocycles. The van der Waals surface area contributed by atoms with Gasteiger partial charge in [-0.15, -0.1) is 0 Å². The van der Waals surface area contributed by atoms with Crippen LogP contribution >= 0.6 is 0 Å². The van der Waals surface area contributed by atoms with Gasteiger partial charge in [0.1, 0.15) is 12.3 Å². The molecule has 0 fully saturated rings. The van der Waals surface area contributed by atoms with Gasteiger partial charge in [0.15, 0.2) is 0 Å². The normalized spacial score (nSPS) is 10.2. The Bertz CT molecular complexity index is 771. The Kier molecular flexibility index (Phi) is 6.17. The number of para-hydroxylation sites is 2. The number of rotatable bonds is 6. The summed E-state index contributed by atoms with van der Waals surface area (Å²) in [5, 5.41) is 2.83. The Morgan fingerprint density at radius 1 is 1.12 bits per heavy atom. The van der Waals surface area contributed by atoms with E-state index in [1.807, 2.05) is 51.1 Å². The molecule has 0 radical (unpaired) electrons. The van der Waals surface area contributed by atoms with Crippen LogP contribution in [0.2, 0.25) is 0 Å². The van der Waals surface area contributed by atoms with Crippen LogP contribution in [-0.2, 0) is 9.59 Å². The van der Waals surface area contributed by atoms with Gasteiger partial charge in [-0.25, -0.2) is 0 Å². The molecule has 0 bridgehead atoms. The van der Waals surface area contributed by atoms with Crippen molar-refractivity contribution in [2.24, 2.45) is 0 Å². The van der Waals surface area contributed by atoms with Crippen molar-refractivity contribution in [1.82, 2.24) is 0 Å². The molecule has 0 aliphatic carbocycles. The van der Waals surface area contributed by atoms with E-state index < -0.39 is 0 Å². The molecular weight excluding hydrogens is 316 g/mol. The van der Waals surface area contributed by atoms with Crippen LogP contribution < -0.4 is 15.0 Å². The highest BCUT2D eigenvalue weighted by atomic mass is 16.5. The molecule has 2 amide bonds. The van der Waals surface area contributed by atoms with E-state index in [9.17, 15) is 9.59 Å². The highest BCUT2D eigenvalue weighted by molar-refractivity contribution is 6.02. The molecule has 2 aromatic rings. The number of carbonyl (C=O) groups is 2. The van der Waals surface area contributed by atoms with Gasteiger partial charge in [0.25, 0.3) is 0 Å². The van der Waals surface area contributed by atoms with Gasteiger partial charge in [-0.3, -0.25) is 9.59 Å². The molecule has 0 aromatic heterocycles. The molecule has 5 nitrogen and oxygen atoms in total. The summed E-state index contributed by atoms with van der Waals surface area (Å²) < 4.78 is 5.51. The molecule has 0 heterocycles. The van der Waals surface area contributed by atoms with Gasteiger partial charge in [-0.1, -0.05) is 24.3 Å². The SMILES string of the molecule is CCOc1ccccc1NC(=O)CN(C(C)=O)c1cc(C)ccc1C. The molecule has 25 heavy (non-hydrogen) atoms. The third-order valence-corrected chi connectivity index (χ3v) is 3.80. The fourth-order valence-corrected chi connectivity index (χ4v) is 2.56. The van der Waals surface area contributed by atoms with Crippen LogP contribution in [0.25, 0.3) is 0 Å². The molecular formula is C20H24N2O3. The van der Waals surface area contributed by atoms with E-state index in [2.05, 4.69) is 5.32 Å². The van der Waals surface area contributed by atoms with Crippen molar-refractivity contribution < 1.29 is 14.3 Å². The maximum absolute atomic E-state index is 12.5. The third-order valence-electron chi connectivity index (χ3n) is 3.80. The molecule has 0 aliphatic rings. The second-order valence-electron chi connectivity index (χ2n) is 5.87. The molecule has 132 valence electrons. The summed E-state index contributed by atoms with van der Waals surface area (Å²) in [6.07, 6.45) is 0. The molecule has 2 rings (SSSR count). The summed E-state index contributed by atoms with van der Waals surface area (Å²) in [7, 11) is 0. The van der Waals surface area contributed by atoms with Crippen LogP contribution in [-0.4, -0.2) is 25.0 Å². The Labute approximate surface area is 148 Å². The minimum Gasteiger partial charge on any atom is -0.492 e. The summed E-state index contributed by atoms with van der Waals surface area (Å²) in [6, 6.07) is 13.1. The zero-order chi connectivity index (χ0) is 18.4. The first-order chi connectivity index (χ1) is 11.9. The molecule has 0 saturated carbocycles. The van der Waals surface area contributed by atoms with Crippen LogP contribution in [0, 0.1) is 13.8 Å². The third kappa shape index (κ3) is 4.83. The van der Waals surface area contributed by atoms with Gasteiger partial charge in [0.05, 0.1) is 12.3 Å². The molecule has 0 aliphatic heterocycles. The van der Waals surface area contributed by atoms with Crippen LogP contribution in [0.3, 0.4) is 0 Å². The van der Waals surface area contributed by atoms with Gasteiger partial charge in [-0.2, -0.15) is 0 Å². The molecule has 0 unspecified atom stereocenters. The van der Waals surface area contributed by atoms with E-state index in [0.717, 1.165) is 16.8 Å². The number of amides is 2. The average molecular weight is 340 g/mol. The number of nitrogens with zero attached hydrogens (tertiary/aromatic N) is 1. The van der Waals surface area contributed by atoms with Crippen LogP contribution in [0.5, 0.6) is 5.75 Å². The number of aryl methyl sites for hydroxylation is 2. The van der Waals surface area contributed by atoms with E-state index in [1.54, 1.807) is 12.1 Å². The highest BCUT2D eigenvalue weighted by Gasteiger charge is 2.18. The lowest BCUT2D eigenvalue weighted by molar-refractivity contribution is -0.120. The van der Waals surface area contributed by atoms with Gasteiger partial charge in [-0.05, 0) is 50.1 Å². The number of ether oxygens (including phenoxy) is 1. The zero-order valence-corrected chi connectivity index (χ0v) is 15.1. The minimum atomic E-state index is -0.275. The smallest absolute Gasteiger partial charge is 0.244 e. The lowest BCUT2D eigenvalue weighted by atomic mass is 10.1. The minimum absolute atomic E-state index is 0.0555. The monoisotopic (exact) mass is 340 g/mol. The lowest BCUT2D eigenvalue weighted by Gasteiger charge is -2.23. The fourth-order valence-electron chi connectivity index (χ4n) is 2.56. The standard InChI is InChI=1S/C20H24N2O3/c1-5-25-19-9-7-6-8-17(19)21-20(24)13-22(16(4)23)18-12-14(2)10-11-15(18)3/h6-12H,5,13H2,1-4H3,(H,21,24). The summed E-state index contributed by atoms with van der Waals surface area (Å²) in [5.74, 6) is 0.157. The Hall–Kier alpha value is -2.82. The number of hydrogen-bond acceptors (Lipinski definition) is 3. The van der Waals surface area contributed by atoms with E-state index in [4.69, 9.17) is 4.74 Å².